The molecule has 7 nitrogen and oxygen atoms in total. The molecular formula is C21H22FN3O4. The summed E-state index contributed by atoms with van der Waals surface area (Å²) in [6, 6.07) is 6.01. The van der Waals surface area contributed by atoms with Gasteiger partial charge in [0.05, 0.1) is 31.9 Å². The smallest absolute Gasteiger partial charge is 0.210 e. The lowest BCUT2D eigenvalue weighted by Gasteiger charge is -2.12. The fourth-order valence-electron chi connectivity index (χ4n) is 2.61. The van der Waals surface area contributed by atoms with Crippen molar-refractivity contribution in [3.8, 4) is 17.6 Å². The van der Waals surface area contributed by atoms with E-state index in [-0.39, 0.29) is 25.4 Å². The van der Waals surface area contributed by atoms with Crippen LogP contribution in [0.5, 0.6) is 5.75 Å². The van der Waals surface area contributed by atoms with Gasteiger partial charge in [0.15, 0.2) is 0 Å². The Morgan fingerprint density at radius 3 is 2.79 bits per heavy atom. The summed E-state index contributed by atoms with van der Waals surface area (Å²) in [7, 11) is 0. The van der Waals surface area contributed by atoms with Crippen LogP contribution >= 0.6 is 0 Å². The van der Waals surface area contributed by atoms with E-state index in [1.54, 1.807) is 18.3 Å². The summed E-state index contributed by atoms with van der Waals surface area (Å²) in [6.45, 7) is 2.23. The van der Waals surface area contributed by atoms with Crippen molar-refractivity contribution in [3.05, 3.63) is 65.3 Å². The lowest BCUT2D eigenvalue weighted by molar-refractivity contribution is 0.106. The Labute approximate surface area is 167 Å². The third-order valence-electron chi connectivity index (χ3n) is 4.27. The van der Waals surface area contributed by atoms with Crippen molar-refractivity contribution in [3.63, 3.8) is 0 Å². The summed E-state index contributed by atoms with van der Waals surface area (Å²) in [5, 5.41) is 22.1. The van der Waals surface area contributed by atoms with Crippen LogP contribution in [0.4, 0.5) is 4.39 Å². The number of halogens is 1. The summed E-state index contributed by atoms with van der Waals surface area (Å²) in [5.74, 6) is 6.14. The first-order chi connectivity index (χ1) is 14.1. The molecule has 3 aromatic rings. The SMILES string of the molecule is CCc1nccn1Cc1cc(C#Cc2ccc(OCC(CO)CO)cc2F)on1. The van der Waals surface area contributed by atoms with Crippen LogP contribution in [0.2, 0.25) is 0 Å². The largest absolute Gasteiger partial charge is 0.493 e. The summed E-state index contributed by atoms with van der Waals surface area (Å²) < 4.78 is 26.8. The molecular weight excluding hydrogens is 377 g/mol. The van der Waals surface area contributed by atoms with E-state index in [0.29, 0.717) is 23.7 Å². The lowest BCUT2D eigenvalue weighted by atomic mass is 10.2. The average molecular weight is 399 g/mol. The maximum Gasteiger partial charge on any atom is 0.210 e. The van der Waals surface area contributed by atoms with E-state index in [1.165, 1.54) is 12.1 Å². The summed E-state index contributed by atoms with van der Waals surface area (Å²) in [4.78, 5) is 4.26. The topological polar surface area (TPSA) is 93.5 Å². The van der Waals surface area contributed by atoms with Crippen LogP contribution < -0.4 is 4.74 Å². The Balaban J connectivity index is 1.65. The highest BCUT2D eigenvalue weighted by atomic mass is 19.1. The second kappa shape index (κ2) is 9.87. The molecule has 0 aliphatic heterocycles. The third-order valence-corrected chi connectivity index (χ3v) is 4.27. The minimum atomic E-state index is -0.537. The number of aliphatic hydroxyl groups is 2. The van der Waals surface area contributed by atoms with E-state index in [1.807, 2.05) is 17.7 Å². The number of aliphatic hydroxyl groups excluding tert-OH is 2. The number of imidazole rings is 1. The van der Waals surface area contributed by atoms with Crippen LogP contribution in [0.15, 0.2) is 41.2 Å². The Kier molecular flexibility index (Phi) is 7.00. The fraction of sp³-hybridized carbons (Fsp3) is 0.333. The highest BCUT2D eigenvalue weighted by Crippen LogP contribution is 2.17. The van der Waals surface area contributed by atoms with Crippen LogP contribution in [-0.4, -0.2) is 44.7 Å². The number of aryl methyl sites for hydroxylation is 1. The molecule has 0 aliphatic carbocycles. The van der Waals surface area contributed by atoms with Crippen LogP contribution in [0.1, 0.15) is 29.8 Å². The van der Waals surface area contributed by atoms with Gasteiger partial charge in [0.25, 0.3) is 0 Å². The minimum Gasteiger partial charge on any atom is -0.493 e. The van der Waals surface area contributed by atoms with Crippen LogP contribution in [0.25, 0.3) is 0 Å². The van der Waals surface area contributed by atoms with Crippen molar-refractivity contribution in [1.29, 1.82) is 0 Å². The average Bonchev–Trinajstić information content (AvgIpc) is 3.37. The van der Waals surface area contributed by atoms with Crippen molar-refractivity contribution in [2.45, 2.75) is 19.9 Å². The van der Waals surface area contributed by atoms with Crippen molar-refractivity contribution in [1.82, 2.24) is 14.7 Å². The summed E-state index contributed by atoms with van der Waals surface area (Å²) in [6.07, 6.45) is 4.43. The Bertz CT molecular complexity index is 999. The molecule has 0 saturated heterocycles. The number of hydrogen-bond donors (Lipinski definition) is 2. The predicted octanol–water partition coefficient (Wildman–Crippen LogP) is 2.00. The Morgan fingerprint density at radius 2 is 2.07 bits per heavy atom. The van der Waals surface area contributed by atoms with Crippen molar-refractivity contribution in [2.24, 2.45) is 5.92 Å². The van der Waals surface area contributed by atoms with Crippen molar-refractivity contribution in [2.75, 3.05) is 19.8 Å². The summed E-state index contributed by atoms with van der Waals surface area (Å²) >= 11 is 0. The highest BCUT2D eigenvalue weighted by Gasteiger charge is 2.09. The second-order valence-corrected chi connectivity index (χ2v) is 6.44. The van der Waals surface area contributed by atoms with Gasteiger partial charge < -0.3 is 24.0 Å². The molecule has 2 heterocycles. The van der Waals surface area contributed by atoms with Gasteiger partial charge in [0.1, 0.15) is 23.1 Å². The molecule has 0 unspecified atom stereocenters. The lowest BCUT2D eigenvalue weighted by Crippen LogP contribution is -2.19. The van der Waals surface area contributed by atoms with Gasteiger partial charge in [0.2, 0.25) is 5.76 Å². The minimum absolute atomic E-state index is 0.0922. The highest BCUT2D eigenvalue weighted by molar-refractivity contribution is 5.43. The maximum absolute atomic E-state index is 14.2. The first-order valence-electron chi connectivity index (χ1n) is 9.24. The molecule has 0 bridgehead atoms. The zero-order valence-electron chi connectivity index (χ0n) is 16.0. The van der Waals surface area contributed by atoms with E-state index in [0.717, 1.165) is 12.2 Å². The van der Waals surface area contributed by atoms with Gasteiger partial charge in [-0.2, -0.15) is 0 Å². The number of hydrogen-bond acceptors (Lipinski definition) is 6. The van der Waals surface area contributed by atoms with Crippen LogP contribution in [-0.2, 0) is 13.0 Å². The van der Waals surface area contributed by atoms with E-state index >= 15 is 0 Å². The number of nitrogens with zero attached hydrogens (tertiary/aromatic N) is 3. The van der Waals surface area contributed by atoms with Gasteiger partial charge >= 0.3 is 0 Å². The standard InChI is InChI=1S/C21H22FN3O4/c1-2-21-23-7-8-25(21)11-17-9-19(29-24-17)6-4-16-3-5-18(10-20(16)22)28-14-15(12-26)13-27/h3,5,7-10,15,26-27H,2,11-14H2,1H3. The monoisotopic (exact) mass is 399 g/mol. The molecule has 0 fully saturated rings. The summed E-state index contributed by atoms with van der Waals surface area (Å²) in [5.41, 5.74) is 0.896. The predicted molar refractivity (Wildman–Crippen MR) is 103 cm³/mol. The normalized spacial score (nSPS) is 10.8. The molecule has 8 heteroatoms. The van der Waals surface area contributed by atoms with E-state index < -0.39 is 11.7 Å². The van der Waals surface area contributed by atoms with Gasteiger partial charge in [-0.3, -0.25) is 0 Å². The Hall–Kier alpha value is -3.15. The molecule has 0 atom stereocenters. The zero-order chi connectivity index (χ0) is 20.6. The van der Waals surface area contributed by atoms with Crippen molar-refractivity contribution >= 4 is 0 Å². The van der Waals surface area contributed by atoms with E-state index in [4.69, 9.17) is 19.5 Å². The molecule has 0 aliphatic rings. The molecule has 29 heavy (non-hydrogen) atoms. The van der Waals surface area contributed by atoms with E-state index in [2.05, 4.69) is 22.0 Å². The van der Waals surface area contributed by atoms with Crippen LogP contribution in [0.3, 0.4) is 0 Å². The van der Waals surface area contributed by atoms with Crippen molar-refractivity contribution < 1.29 is 23.9 Å². The molecule has 0 amide bonds. The number of ether oxygens (including phenoxy) is 1. The van der Waals surface area contributed by atoms with Gasteiger partial charge in [-0.05, 0) is 18.1 Å². The molecule has 152 valence electrons. The van der Waals surface area contributed by atoms with Gasteiger partial charge in [0, 0.05) is 36.9 Å². The number of aromatic nitrogens is 3. The molecule has 2 aromatic heterocycles. The molecule has 2 N–H and O–H groups in total. The third kappa shape index (κ3) is 5.44. The fourth-order valence-corrected chi connectivity index (χ4v) is 2.61. The second-order valence-electron chi connectivity index (χ2n) is 6.44. The molecule has 0 saturated carbocycles. The number of rotatable bonds is 8. The Morgan fingerprint density at radius 1 is 1.24 bits per heavy atom. The molecule has 1 aromatic carbocycles. The van der Waals surface area contributed by atoms with Gasteiger partial charge in [-0.15, -0.1) is 0 Å². The van der Waals surface area contributed by atoms with E-state index in [9.17, 15) is 4.39 Å². The maximum atomic E-state index is 14.2. The molecule has 0 radical (unpaired) electrons. The number of benzene rings is 1. The molecule has 0 spiro atoms. The first-order valence-corrected chi connectivity index (χ1v) is 9.24. The van der Waals surface area contributed by atoms with Crippen LogP contribution in [0, 0.1) is 23.6 Å². The molecule has 3 rings (SSSR count). The quantitative estimate of drug-likeness (QED) is 0.563. The van der Waals surface area contributed by atoms with Gasteiger partial charge in [-0.1, -0.05) is 18.0 Å². The zero-order valence-corrected chi connectivity index (χ0v) is 16.0. The van der Waals surface area contributed by atoms with Gasteiger partial charge in [-0.25, -0.2) is 9.37 Å². The first kappa shape index (κ1) is 20.6.